The lowest BCUT2D eigenvalue weighted by atomic mass is 9.45. The Morgan fingerprint density at radius 2 is 2.03 bits per heavy atom. The normalized spacial score (nSPS) is 42.9. The zero-order valence-corrected chi connectivity index (χ0v) is 17.0. The summed E-state index contributed by atoms with van der Waals surface area (Å²) in [4.78, 5) is 35.6. The molecular formula is C23H27FO5. The highest BCUT2D eigenvalue weighted by molar-refractivity contribution is 6.01. The molecule has 0 aromatic heterocycles. The number of esters is 1. The molecular weight excluding hydrogens is 375 g/mol. The molecule has 4 rings (SSSR count). The minimum atomic E-state index is -1.90. The van der Waals surface area contributed by atoms with Crippen molar-refractivity contribution in [1.82, 2.24) is 0 Å². The zero-order chi connectivity index (χ0) is 21.2. The summed E-state index contributed by atoms with van der Waals surface area (Å²) in [7, 11) is 0. The van der Waals surface area contributed by atoms with Gasteiger partial charge in [0, 0.05) is 29.2 Å². The van der Waals surface area contributed by atoms with Gasteiger partial charge in [-0.1, -0.05) is 24.6 Å². The number of rotatable bonds is 3. The van der Waals surface area contributed by atoms with Crippen molar-refractivity contribution in [2.75, 3.05) is 6.61 Å². The molecule has 2 saturated carbocycles. The standard InChI is InChI=1S/C23H27FO5/c1-13(25)29-12-19(27)18-7-6-16-17-5-4-14-10-15(26)8-9-22(14,3)23(17,24)20(28)11-21(16,18)2/h7-10,16-17,20,28H,4-6,11-12H2,1-3H3/t16-,17-,20-,21-,22-,23-/m0/s1. The number of hydrogen-bond acceptors (Lipinski definition) is 5. The van der Waals surface area contributed by atoms with E-state index in [1.807, 2.05) is 13.0 Å². The average molecular weight is 402 g/mol. The van der Waals surface area contributed by atoms with Crippen molar-refractivity contribution in [3.8, 4) is 0 Å². The summed E-state index contributed by atoms with van der Waals surface area (Å²) in [5.41, 5.74) is -2.33. The molecule has 0 aromatic rings. The highest BCUT2D eigenvalue weighted by Gasteiger charge is 2.69. The summed E-state index contributed by atoms with van der Waals surface area (Å²) in [6, 6.07) is 0. The third-order valence-corrected chi connectivity index (χ3v) is 7.93. The molecule has 0 unspecified atom stereocenters. The van der Waals surface area contributed by atoms with Crippen LogP contribution in [0.3, 0.4) is 0 Å². The number of hydrogen-bond donors (Lipinski definition) is 1. The Labute approximate surface area is 169 Å². The summed E-state index contributed by atoms with van der Waals surface area (Å²) in [6.07, 6.45) is 6.89. The Morgan fingerprint density at radius 1 is 1.31 bits per heavy atom. The average Bonchev–Trinajstić information content (AvgIpc) is 2.98. The van der Waals surface area contributed by atoms with E-state index in [0.717, 1.165) is 5.57 Å². The van der Waals surface area contributed by atoms with Gasteiger partial charge in [-0.25, -0.2) is 4.39 Å². The fraction of sp³-hybridized carbons (Fsp3) is 0.609. The maximum Gasteiger partial charge on any atom is 0.303 e. The molecule has 0 radical (unpaired) electrons. The molecule has 0 saturated heterocycles. The van der Waals surface area contributed by atoms with Crippen LogP contribution in [0.5, 0.6) is 0 Å². The second-order valence-electron chi connectivity index (χ2n) is 9.32. The summed E-state index contributed by atoms with van der Waals surface area (Å²) in [6.45, 7) is 4.60. The molecule has 29 heavy (non-hydrogen) atoms. The highest BCUT2D eigenvalue weighted by Crippen LogP contribution is 2.67. The van der Waals surface area contributed by atoms with Crippen molar-refractivity contribution in [1.29, 1.82) is 0 Å². The van der Waals surface area contributed by atoms with Crippen molar-refractivity contribution in [2.24, 2.45) is 22.7 Å². The topological polar surface area (TPSA) is 80.7 Å². The number of ketones is 2. The van der Waals surface area contributed by atoms with Crippen molar-refractivity contribution < 1.29 is 28.6 Å². The van der Waals surface area contributed by atoms with Crippen LogP contribution < -0.4 is 0 Å². The molecule has 0 spiro atoms. The van der Waals surface area contributed by atoms with Crippen molar-refractivity contribution in [3.05, 3.63) is 35.5 Å². The van der Waals surface area contributed by atoms with Gasteiger partial charge in [-0.3, -0.25) is 14.4 Å². The molecule has 6 atom stereocenters. The van der Waals surface area contributed by atoms with Crippen LogP contribution in [0.25, 0.3) is 0 Å². The van der Waals surface area contributed by atoms with Gasteiger partial charge in [0.05, 0.1) is 6.10 Å². The fourth-order valence-electron chi connectivity index (χ4n) is 6.46. The summed E-state index contributed by atoms with van der Waals surface area (Å²) >= 11 is 0. The van der Waals surface area contributed by atoms with Crippen LogP contribution in [0.2, 0.25) is 0 Å². The fourth-order valence-corrected chi connectivity index (χ4v) is 6.46. The molecule has 156 valence electrons. The van der Waals surface area contributed by atoms with Crippen LogP contribution in [0.1, 0.15) is 46.5 Å². The molecule has 5 nitrogen and oxygen atoms in total. The maximum absolute atomic E-state index is 16.8. The first-order chi connectivity index (χ1) is 13.5. The number of Topliss-reactive ketones (excluding diaryl/α,β-unsaturated/α-hetero) is 1. The van der Waals surface area contributed by atoms with E-state index in [1.165, 1.54) is 19.1 Å². The van der Waals surface area contributed by atoms with Crippen LogP contribution >= 0.6 is 0 Å². The number of fused-ring (bicyclic) bond motifs is 5. The quantitative estimate of drug-likeness (QED) is 0.734. The number of allylic oxidation sites excluding steroid dienone is 5. The molecule has 6 heteroatoms. The minimum absolute atomic E-state index is 0.118. The molecule has 0 heterocycles. The van der Waals surface area contributed by atoms with Crippen molar-refractivity contribution in [2.45, 2.75) is 58.2 Å². The Kier molecular flexibility index (Phi) is 4.50. The molecule has 2 fully saturated rings. The van der Waals surface area contributed by atoms with Crippen LogP contribution in [0.15, 0.2) is 35.5 Å². The second-order valence-corrected chi connectivity index (χ2v) is 9.32. The molecule has 4 aliphatic rings. The maximum atomic E-state index is 16.8. The number of carbonyl (C=O) groups excluding carboxylic acids is 3. The second kappa shape index (κ2) is 6.46. The van der Waals surface area contributed by atoms with E-state index in [-0.39, 0.29) is 30.5 Å². The van der Waals surface area contributed by atoms with Gasteiger partial charge in [0.15, 0.2) is 23.8 Å². The Bertz CT molecular complexity index is 886. The first kappa shape index (κ1) is 20.2. The number of aliphatic hydroxyl groups excluding tert-OH is 1. The number of ether oxygens (including phenoxy) is 1. The van der Waals surface area contributed by atoms with E-state index in [1.54, 1.807) is 13.0 Å². The van der Waals surface area contributed by atoms with Gasteiger partial charge in [0.25, 0.3) is 0 Å². The minimum Gasteiger partial charge on any atom is -0.457 e. The zero-order valence-electron chi connectivity index (χ0n) is 17.0. The van der Waals surface area contributed by atoms with Crippen LogP contribution in [0.4, 0.5) is 4.39 Å². The highest BCUT2D eigenvalue weighted by atomic mass is 19.1. The third kappa shape index (κ3) is 2.64. The first-order valence-electron chi connectivity index (χ1n) is 10.2. The van der Waals surface area contributed by atoms with E-state index in [0.29, 0.717) is 24.8 Å². The van der Waals surface area contributed by atoms with Gasteiger partial charge >= 0.3 is 5.97 Å². The smallest absolute Gasteiger partial charge is 0.303 e. The van der Waals surface area contributed by atoms with Gasteiger partial charge in [-0.05, 0) is 50.7 Å². The number of halogens is 1. The molecule has 0 amide bonds. The van der Waals surface area contributed by atoms with Gasteiger partial charge in [0.1, 0.15) is 0 Å². The summed E-state index contributed by atoms with van der Waals surface area (Å²) in [5, 5.41) is 11.1. The van der Waals surface area contributed by atoms with E-state index < -0.39 is 34.5 Å². The first-order valence-corrected chi connectivity index (χ1v) is 10.2. The Balaban J connectivity index is 1.68. The third-order valence-electron chi connectivity index (χ3n) is 7.93. The lowest BCUT2D eigenvalue weighted by Crippen LogP contribution is -2.66. The molecule has 0 bridgehead atoms. The summed E-state index contributed by atoms with van der Waals surface area (Å²) in [5.74, 6) is -1.52. The van der Waals surface area contributed by atoms with Crippen LogP contribution in [-0.4, -0.2) is 41.0 Å². The molecule has 0 aromatic carbocycles. The lowest BCUT2D eigenvalue weighted by Gasteiger charge is -2.61. The largest absolute Gasteiger partial charge is 0.457 e. The van der Waals surface area contributed by atoms with Crippen molar-refractivity contribution in [3.63, 3.8) is 0 Å². The predicted octanol–water partition coefficient (Wildman–Crippen LogP) is 3.03. The van der Waals surface area contributed by atoms with E-state index >= 15 is 4.39 Å². The van der Waals surface area contributed by atoms with Gasteiger partial charge in [0.2, 0.25) is 0 Å². The Hall–Kier alpha value is -2.08. The number of carbonyl (C=O) groups is 3. The van der Waals surface area contributed by atoms with Crippen LogP contribution in [0, 0.1) is 22.7 Å². The predicted molar refractivity (Wildman–Crippen MR) is 103 cm³/mol. The SMILES string of the molecule is CC(=O)OCC(=O)C1=CC[C@H]2[C@@H]3CCC4=CC(=O)C=C[C@]4(C)[C@@]3(F)[C@@H](O)C[C@]12C. The monoisotopic (exact) mass is 402 g/mol. The van der Waals surface area contributed by atoms with Gasteiger partial charge in [-0.2, -0.15) is 0 Å². The molecule has 4 aliphatic carbocycles. The lowest BCUT2D eigenvalue weighted by molar-refractivity contribution is -0.185. The molecule has 1 N–H and O–H groups in total. The Morgan fingerprint density at radius 3 is 2.72 bits per heavy atom. The van der Waals surface area contributed by atoms with Crippen molar-refractivity contribution >= 4 is 17.5 Å². The summed E-state index contributed by atoms with van der Waals surface area (Å²) < 4.78 is 21.7. The van der Waals surface area contributed by atoms with E-state index in [9.17, 15) is 19.5 Å². The van der Waals surface area contributed by atoms with E-state index in [4.69, 9.17) is 4.74 Å². The van der Waals surface area contributed by atoms with Gasteiger partial charge < -0.3 is 9.84 Å². The molecule has 0 aliphatic heterocycles. The number of alkyl halides is 1. The van der Waals surface area contributed by atoms with Gasteiger partial charge in [-0.15, -0.1) is 0 Å². The van der Waals surface area contributed by atoms with E-state index in [2.05, 4.69) is 0 Å². The van der Waals surface area contributed by atoms with Crippen LogP contribution in [-0.2, 0) is 19.1 Å². The number of aliphatic hydroxyl groups is 1.